The molecule has 0 radical (unpaired) electrons. The summed E-state index contributed by atoms with van der Waals surface area (Å²) in [5, 5.41) is 5.84. The van der Waals surface area contributed by atoms with E-state index in [1.54, 1.807) is 0 Å². The van der Waals surface area contributed by atoms with Crippen molar-refractivity contribution >= 4 is 11.8 Å². The van der Waals surface area contributed by atoms with Crippen molar-refractivity contribution in [3.63, 3.8) is 0 Å². The Bertz CT molecular complexity index is 399. The molecule has 0 aromatic rings. The summed E-state index contributed by atoms with van der Waals surface area (Å²) < 4.78 is 0. The first-order chi connectivity index (χ1) is 10.5. The molecule has 1 aliphatic heterocycles. The maximum absolute atomic E-state index is 11.8. The molecule has 1 saturated carbocycles. The van der Waals surface area contributed by atoms with E-state index in [-0.39, 0.29) is 17.7 Å². The predicted molar refractivity (Wildman–Crippen MR) is 87.3 cm³/mol. The van der Waals surface area contributed by atoms with Crippen LogP contribution in [0.5, 0.6) is 0 Å². The van der Waals surface area contributed by atoms with E-state index in [2.05, 4.69) is 36.3 Å². The van der Waals surface area contributed by atoms with Gasteiger partial charge in [0.25, 0.3) is 0 Å². The molecular weight excluding hydrogens is 278 g/mol. The van der Waals surface area contributed by atoms with Gasteiger partial charge in [-0.2, -0.15) is 0 Å². The van der Waals surface area contributed by atoms with Crippen molar-refractivity contribution in [2.75, 3.05) is 26.2 Å². The highest BCUT2D eigenvalue weighted by molar-refractivity contribution is 5.82. The molecule has 5 nitrogen and oxygen atoms in total. The minimum atomic E-state index is 0.0288. The van der Waals surface area contributed by atoms with Crippen molar-refractivity contribution in [3.05, 3.63) is 0 Å². The van der Waals surface area contributed by atoms with E-state index in [1.165, 1.54) is 12.8 Å². The van der Waals surface area contributed by atoms with Gasteiger partial charge in [0.1, 0.15) is 0 Å². The first kappa shape index (κ1) is 17.3. The molecule has 0 spiro atoms. The van der Waals surface area contributed by atoms with Gasteiger partial charge < -0.3 is 10.6 Å². The van der Waals surface area contributed by atoms with Crippen LogP contribution in [-0.2, 0) is 9.59 Å². The lowest BCUT2D eigenvalue weighted by atomic mass is 9.99. The minimum absolute atomic E-state index is 0.0288. The highest BCUT2D eigenvalue weighted by atomic mass is 16.2. The monoisotopic (exact) mass is 309 g/mol. The fourth-order valence-electron chi connectivity index (χ4n) is 3.22. The molecule has 22 heavy (non-hydrogen) atoms. The Morgan fingerprint density at radius 3 is 2.64 bits per heavy atom. The lowest BCUT2D eigenvalue weighted by Gasteiger charge is -2.35. The second kappa shape index (κ2) is 7.95. The summed E-state index contributed by atoms with van der Waals surface area (Å²) in [5.74, 6) is 1.59. The summed E-state index contributed by atoms with van der Waals surface area (Å²) in [6.07, 6.45) is 3.93. The van der Waals surface area contributed by atoms with E-state index in [0.717, 1.165) is 25.4 Å². The molecular formula is C17H31N3O2. The third-order valence-electron chi connectivity index (χ3n) is 5.00. The Kier molecular flexibility index (Phi) is 6.24. The fourth-order valence-corrected chi connectivity index (χ4v) is 3.22. The van der Waals surface area contributed by atoms with Gasteiger partial charge in [-0.25, -0.2) is 0 Å². The van der Waals surface area contributed by atoms with Gasteiger partial charge >= 0.3 is 0 Å². The van der Waals surface area contributed by atoms with Crippen LogP contribution in [0.4, 0.5) is 0 Å². The summed E-state index contributed by atoms with van der Waals surface area (Å²) in [4.78, 5) is 26.0. The molecule has 2 aliphatic rings. The zero-order chi connectivity index (χ0) is 16.1. The minimum Gasteiger partial charge on any atom is -0.355 e. The van der Waals surface area contributed by atoms with Crippen molar-refractivity contribution in [1.82, 2.24) is 15.5 Å². The van der Waals surface area contributed by atoms with Crippen LogP contribution in [0, 0.1) is 17.8 Å². The van der Waals surface area contributed by atoms with Crippen LogP contribution in [0.15, 0.2) is 0 Å². The number of likely N-dealkylation sites (tertiary alicyclic amines) is 1. The van der Waals surface area contributed by atoms with Gasteiger partial charge in [0.2, 0.25) is 11.8 Å². The Morgan fingerprint density at radius 2 is 2.00 bits per heavy atom. The second-order valence-corrected chi connectivity index (χ2v) is 7.26. The first-order valence-corrected chi connectivity index (χ1v) is 8.75. The summed E-state index contributed by atoms with van der Waals surface area (Å²) in [6, 6.07) is 0.383. The molecule has 1 heterocycles. The molecule has 1 saturated heterocycles. The first-order valence-electron chi connectivity index (χ1n) is 8.75. The number of hydrogen-bond donors (Lipinski definition) is 2. The van der Waals surface area contributed by atoms with Crippen LogP contribution < -0.4 is 10.6 Å². The highest BCUT2D eigenvalue weighted by Crippen LogP contribution is 2.37. The number of carbonyl (C=O) groups is 2. The summed E-state index contributed by atoms with van der Waals surface area (Å²) in [7, 11) is 0. The zero-order valence-electron chi connectivity index (χ0n) is 14.2. The van der Waals surface area contributed by atoms with Gasteiger partial charge in [-0.3, -0.25) is 14.5 Å². The average molecular weight is 309 g/mol. The smallest absolute Gasteiger partial charge is 0.223 e. The normalized spacial score (nSPS) is 29.7. The van der Waals surface area contributed by atoms with Crippen molar-refractivity contribution < 1.29 is 9.59 Å². The van der Waals surface area contributed by atoms with Gasteiger partial charge in [-0.15, -0.1) is 0 Å². The molecule has 1 aliphatic carbocycles. The second-order valence-electron chi connectivity index (χ2n) is 7.26. The van der Waals surface area contributed by atoms with Crippen LogP contribution in [0.25, 0.3) is 0 Å². The summed E-state index contributed by atoms with van der Waals surface area (Å²) >= 11 is 0. The SMILES string of the molecule is C[C@@H]1CCCN([C@H](C)CNC(=O)CCNC(=O)[C@H]2C[C@H]2C)C1. The van der Waals surface area contributed by atoms with Crippen LogP contribution >= 0.6 is 0 Å². The van der Waals surface area contributed by atoms with E-state index in [4.69, 9.17) is 0 Å². The van der Waals surface area contributed by atoms with Crippen molar-refractivity contribution in [3.8, 4) is 0 Å². The third kappa shape index (κ3) is 5.27. The van der Waals surface area contributed by atoms with E-state index in [0.29, 0.717) is 31.5 Å². The number of nitrogens with one attached hydrogen (secondary N) is 2. The van der Waals surface area contributed by atoms with Gasteiger partial charge in [-0.05, 0) is 44.6 Å². The molecule has 5 heteroatoms. The van der Waals surface area contributed by atoms with E-state index < -0.39 is 0 Å². The molecule has 2 rings (SSSR count). The number of amides is 2. The molecule has 4 atom stereocenters. The highest BCUT2D eigenvalue weighted by Gasteiger charge is 2.38. The largest absolute Gasteiger partial charge is 0.355 e. The molecule has 126 valence electrons. The van der Waals surface area contributed by atoms with E-state index in [1.807, 2.05) is 0 Å². The summed E-state index contributed by atoms with van der Waals surface area (Å²) in [5.41, 5.74) is 0. The number of hydrogen-bond acceptors (Lipinski definition) is 3. The summed E-state index contributed by atoms with van der Waals surface area (Å²) in [6.45, 7) is 9.96. The Hall–Kier alpha value is -1.10. The third-order valence-corrected chi connectivity index (χ3v) is 5.00. The number of carbonyl (C=O) groups excluding carboxylic acids is 2. The number of nitrogens with zero attached hydrogens (tertiary/aromatic N) is 1. The Balaban J connectivity index is 1.56. The average Bonchev–Trinajstić information content (AvgIpc) is 3.21. The van der Waals surface area contributed by atoms with Crippen molar-refractivity contribution in [2.24, 2.45) is 17.8 Å². The van der Waals surface area contributed by atoms with Crippen LogP contribution in [0.3, 0.4) is 0 Å². The van der Waals surface area contributed by atoms with E-state index >= 15 is 0 Å². The Labute approximate surface area is 134 Å². The molecule has 2 N–H and O–H groups in total. The molecule has 2 fully saturated rings. The van der Waals surface area contributed by atoms with Crippen molar-refractivity contribution in [2.45, 2.75) is 52.5 Å². The molecule has 0 aromatic heterocycles. The zero-order valence-corrected chi connectivity index (χ0v) is 14.2. The van der Waals surface area contributed by atoms with Gasteiger partial charge in [0.05, 0.1) is 0 Å². The lowest BCUT2D eigenvalue weighted by molar-refractivity contribution is -0.123. The van der Waals surface area contributed by atoms with Crippen LogP contribution in [0.1, 0.15) is 46.5 Å². The molecule has 0 bridgehead atoms. The van der Waals surface area contributed by atoms with Crippen molar-refractivity contribution in [1.29, 1.82) is 0 Å². The van der Waals surface area contributed by atoms with Crippen LogP contribution in [-0.4, -0.2) is 48.9 Å². The molecule has 2 amide bonds. The molecule has 0 aromatic carbocycles. The molecule has 0 unspecified atom stereocenters. The Morgan fingerprint density at radius 1 is 1.27 bits per heavy atom. The number of rotatable bonds is 7. The topological polar surface area (TPSA) is 61.4 Å². The maximum Gasteiger partial charge on any atom is 0.223 e. The standard InChI is InChI=1S/C17H31N3O2/c1-12-5-4-8-20(11-12)14(3)10-19-16(21)6-7-18-17(22)15-9-13(15)2/h12-15H,4-11H2,1-3H3,(H,18,22)(H,19,21)/t12-,13-,14-,15+/m1/s1. The lowest BCUT2D eigenvalue weighted by Crippen LogP contribution is -2.46. The maximum atomic E-state index is 11.8. The van der Waals surface area contributed by atoms with Gasteiger partial charge in [-0.1, -0.05) is 13.8 Å². The fraction of sp³-hybridized carbons (Fsp3) is 0.882. The van der Waals surface area contributed by atoms with E-state index in [9.17, 15) is 9.59 Å². The predicted octanol–water partition coefficient (Wildman–Crippen LogP) is 1.39. The number of piperidine rings is 1. The quantitative estimate of drug-likeness (QED) is 0.747. The van der Waals surface area contributed by atoms with Gasteiger partial charge in [0.15, 0.2) is 0 Å². The van der Waals surface area contributed by atoms with Gasteiger partial charge in [0, 0.05) is 38.0 Å². The van der Waals surface area contributed by atoms with Crippen LogP contribution in [0.2, 0.25) is 0 Å².